The fraction of sp³-hybridized carbons (Fsp3) is 0.294. The van der Waals surface area contributed by atoms with Crippen LogP contribution in [-0.2, 0) is 16.0 Å². The molecule has 152 valence electrons. The zero-order valence-electron chi connectivity index (χ0n) is 15.2. The number of aromatic nitrogens is 2. The van der Waals surface area contributed by atoms with Crippen LogP contribution in [0.5, 0.6) is 0 Å². The van der Waals surface area contributed by atoms with Gasteiger partial charge in [0.2, 0.25) is 17.7 Å². The average molecular weight is 419 g/mol. The molecular formula is C17H17N5O6S. The van der Waals surface area contributed by atoms with Gasteiger partial charge in [0, 0.05) is 12.5 Å². The Balaban J connectivity index is 1.54. The number of urea groups is 1. The average Bonchev–Trinajstić information content (AvgIpc) is 3.11. The van der Waals surface area contributed by atoms with E-state index < -0.39 is 29.7 Å². The predicted octanol–water partition coefficient (Wildman–Crippen LogP) is 0.885. The van der Waals surface area contributed by atoms with Gasteiger partial charge in [0.1, 0.15) is 0 Å². The molecule has 1 aromatic carbocycles. The van der Waals surface area contributed by atoms with Crippen molar-refractivity contribution in [1.82, 2.24) is 20.8 Å². The fourth-order valence-corrected chi connectivity index (χ4v) is 3.28. The number of carbonyl (C=O) groups excluding carboxylic acids is 3. The van der Waals surface area contributed by atoms with Crippen LogP contribution in [0.25, 0.3) is 0 Å². The van der Waals surface area contributed by atoms with E-state index in [9.17, 15) is 19.2 Å². The van der Waals surface area contributed by atoms with Gasteiger partial charge in [0.05, 0.1) is 22.9 Å². The lowest BCUT2D eigenvalue weighted by Gasteiger charge is -2.27. The maximum Gasteiger partial charge on any atom is 0.337 e. The van der Waals surface area contributed by atoms with Gasteiger partial charge >= 0.3 is 12.0 Å². The van der Waals surface area contributed by atoms with Crippen molar-refractivity contribution in [2.75, 3.05) is 11.1 Å². The molecule has 0 spiro atoms. The van der Waals surface area contributed by atoms with Crippen LogP contribution < -0.4 is 16.0 Å². The van der Waals surface area contributed by atoms with Gasteiger partial charge in [0.15, 0.2) is 0 Å². The minimum atomic E-state index is -1.15. The lowest BCUT2D eigenvalue weighted by Crippen LogP contribution is -2.57. The molecule has 1 aromatic heterocycles. The summed E-state index contributed by atoms with van der Waals surface area (Å²) in [5.41, 5.74) is 0.175. The Labute approximate surface area is 168 Å². The van der Waals surface area contributed by atoms with Gasteiger partial charge in [-0.3, -0.25) is 14.9 Å². The predicted molar refractivity (Wildman–Crippen MR) is 100 cm³/mol. The lowest BCUT2D eigenvalue weighted by atomic mass is 9.95. The highest BCUT2D eigenvalue weighted by Gasteiger charge is 2.34. The first-order valence-electron chi connectivity index (χ1n) is 8.52. The molecule has 2 unspecified atom stereocenters. The third-order valence-corrected chi connectivity index (χ3v) is 4.96. The highest BCUT2D eigenvalue weighted by Crippen LogP contribution is 2.21. The number of para-hydroxylation sites is 1. The Morgan fingerprint density at radius 1 is 1.28 bits per heavy atom. The number of hydrogen-bond donors (Lipinski definition) is 4. The summed E-state index contributed by atoms with van der Waals surface area (Å²) in [6, 6.07) is 5.12. The molecule has 0 saturated carbocycles. The second-order valence-electron chi connectivity index (χ2n) is 6.21. The summed E-state index contributed by atoms with van der Waals surface area (Å²) < 4.78 is 5.45. The van der Waals surface area contributed by atoms with Crippen LogP contribution in [0.1, 0.15) is 23.2 Å². The Hall–Kier alpha value is -3.41. The highest BCUT2D eigenvalue weighted by atomic mass is 32.2. The van der Waals surface area contributed by atoms with Crippen LogP contribution in [0.2, 0.25) is 0 Å². The van der Waals surface area contributed by atoms with Crippen molar-refractivity contribution in [2.24, 2.45) is 5.92 Å². The molecule has 11 nitrogen and oxygen atoms in total. The number of nitrogens with one attached hydrogen (secondary N) is 3. The van der Waals surface area contributed by atoms with Crippen molar-refractivity contribution in [2.45, 2.75) is 24.6 Å². The maximum atomic E-state index is 12.1. The van der Waals surface area contributed by atoms with E-state index in [4.69, 9.17) is 9.52 Å². The first-order valence-corrected chi connectivity index (χ1v) is 9.50. The molecule has 2 aromatic rings. The molecule has 29 heavy (non-hydrogen) atoms. The molecule has 2 heterocycles. The first-order chi connectivity index (χ1) is 13.8. The van der Waals surface area contributed by atoms with Crippen molar-refractivity contribution in [1.29, 1.82) is 0 Å². The van der Waals surface area contributed by atoms with Gasteiger partial charge in [-0.2, -0.15) is 0 Å². The number of carbonyl (C=O) groups is 4. The molecule has 4 amide bonds. The molecule has 1 aliphatic heterocycles. The zero-order valence-corrected chi connectivity index (χ0v) is 16.0. The van der Waals surface area contributed by atoms with Crippen molar-refractivity contribution in [3.8, 4) is 0 Å². The maximum absolute atomic E-state index is 12.1. The van der Waals surface area contributed by atoms with Crippen LogP contribution in [0.3, 0.4) is 0 Å². The van der Waals surface area contributed by atoms with Gasteiger partial charge in [-0.1, -0.05) is 23.9 Å². The Morgan fingerprint density at radius 3 is 2.76 bits per heavy atom. The van der Waals surface area contributed by atoms with E-state index in [2.05, 4.69) is 26.1 Å². The third-order valence-electron chi connectivity index (χ3n) is 4.14. The summed E-state index contributed by atoms with van der Waals surface area (Å²) in [7, 11) is 0. The molecule has 4 N–H and O–H groups in total. The molecular weight excluding hydrogens is 402 g/mol. The van der Waals surface area contributed by atoms with Crippen molar-refractivity contribution in [3.63, 3.8) is 0 Å². The molecule has 1 aliphatic rings. The minimum absolute atomic E-state index is 0.0158. The monoisotopic (exact) mass is 419 g/mol. The number of anilines is 1. The Bertz CT molecular complexity index is 961. The summed E-state index contributed by atoms with van der Waals surface area (Å²) in [6.07, 6.45) is 0.138. The second kappa shape index (κ2) is 8.73. The van der Waals surface area contributed by atoms with E-state index in [1.54, 1.807) is 19.1 Å². The summed E-state index contributed by atoms with van der Waals surface area (Å²) in [4.78, 5) is 46.4. The largest absolute Gasteiger partial charge is 0.478 e. The second-order valence-corrected chi connectivity index (χ2v) is 7.14. The molecule has 1 saturated heterocycles. The van der Waals surface area contributed by atoms with Gasteiger partial charge in [0.25, 0.3) is 5.22 Å². The molecule has 0 aliphatic carbocycles. The van der Waals surface area contributed by atoms with E-state index in [1.807, 2.05) is 0 Å². The highest BCUT2D eigenvalue weighted by molar-refractivity contribution is 7.99. The van der Waals surface area contributed by atoms with E-state index in [0.29, 0.717) is 0 Å². The third kappa shape index (κ3) is 5.10. The topological polar surface area (TPSA) is 164 Å². The molecule has 2 atom stereocenters. The standard InChI is InChI=1S/C17H17N5O6S/c1-8-10(14(24)20-16(27)18-8)6-13-21-22-17(28-13)29-7-12(23)19-11-5-3-2-4-9(11)15(25)26/h2-5,8,10H,6-7H2,1H3,(H,19,23)(H,25,26)(H2,18,20,24,27). The number of amides is 4. The Morgan fingerprint density at radius 2 is 2.03 bits per heavy atom. The zero-order chi connectivity index (χ0) is 21.0. The number of imide groups is 1. The van der Waals surface area contributed by atoms with Crippen LogP contribution in [0.4, 0.5) is 10.5 Å². The summed E-state index contributed by atoms with van der Waals surface area (Å²) in [6.45, 7) is 1.70. The number of rotatable bonds is 7. The molecule has 0 bridgehead atoms. The number of aromatic carboxylic acids is 1. The van der Waals surface area contributed by atoms with E-state index >= 15 is 0 Å². The van der Waals surface area contributed by atoms with Gasteiger partial charge < -0.3 is 20.2 Å². The first kappa shape index (κ1) is 20.3. The SMILES string of the molecule is CC1NC(=O)NC(=O)C1Cc1nnc(SCC(=O)Nc2ccccc2C(=O)O)o1. The van der Waals surface area contributed by atoms with Gasteiger partial charge in [-0.25, -0.2) is 9.59 Å². The number of benzene rings is 1. The summed E-state index contributed by atoms with van der Waals surface area (Å²) in [5, 5.41) is 24.3. The van der Waals surface area contributed by atoms with Gasteiger partial charge in [-0.15, -0.1) is 10.2 Å². The van der Waals surface area contributed by atoms with E-state index in [1.165, 1.54) is 12.1 Å². The van der Waals surface area contributed by atoms with E-state index in [0.717, 1.165) is 11.8 Å². The normalized spacial score (nSPS) is 18.7. The lowest BCUT2D eigenvalue weighted by molar-refractivity contribution is -0.125. The van der Waals surface area contributed by atoms with Gasteiger partial charge in [-0.05, 0) is 19.1 Å². The van der Waals surface area contributed by atoms with Crippen LogP contribution in [0, 0.1) is 5.92 Å². The summed E-state index contributed by atoms with van der Waals surface area (Å²) >= 11 is 0.977. The Kier molecular flexibility index (Phi) is 6.12. The molecule has 0 radical (unpaired) electrons. The van der Waals surface area contributed by atoms with Crippen LogP contribution in [-0.4, -0.2) is 50.9 Å². The van der Waals surface area contributed by atoms with Crippen LogP contribution in [0.15, 0.2) is 33.9 Å². The fourth-order valence-electron chi connectivity index (χ4n) is 2.70. The number of carboxylic acids is 1. The van der Waals surface area contributed by atoms with Crippen molar-refractivity contribution >= 4 is 41.3 Å². The van der Waals surface area contributed by atoms with E-state index in [-0.39, 0.29) is 40.6 Å². The number of nitrogens with zero attached hydrogens (tertiary/aromatic N) is 2. The summed E-state index contributed by atoms with van der Waals surface area (Å²) in [5.74, 6) is -2.44. The van der Waals surface area contributed by atoms with Crippen molar-refractivity contribution in [3.05, 3.63) is 35.7 Å². The quantitative estimate of drug-likeness (QED) is 0.477. The smallest absolute Gasteiger partial charge is 0.337 e. The minimum Gasteiger partial charge on any atom is -0.478 e. The number of thioether (sulfide) groups is 1. The molecule has 12 heteroatoms. The van der Waals surface area contributed by atoms with Crippen molar-refractivity contribution < 1.29 is 28.7 Å². The van der Waals surface area contributed by atoms with Crippen LogP contribution >= 0.6 is 11.8 Å². The number of hydrogen-bond acceptors (Lipinski definition) is 8. The molecule has 3 rings (SSSR count). The molecule has 1 fully saturated rings. The number of carboxylic acid groups (broad SMARTS) is 1.